The van der Waals surface area contributed by atoms with Crippen molar-refractivity contribution in [1.29, 1.82) is 5.26 Å². The number of nitrogen functional groups attached to an aromatic ring is 1. The van der Waals surface area contributed by atoms with Gasteiger partial charge in [-0.25, -0.2) is 19.3 Å². The first-order valence-corrected chi connectivity index (χ1v) is 17.7. The highest BCUT2D eigenvalue weighted by atomic mass is 32.1. The van der Waals surface area contributed by atoms with Crippen molar-refractivity contribution in [2.45, 2.75) is 82.2 Å². The topological polar surface area (TPSA) is 161 Å². The molecule has 1 saturated heterocycles. The van der Waals surface area contributed by atoms with Crippen LogP contribution in [-0.2, 0) is 24.7 Å². The van der Waals surface area contributed by atoms with Crippen LogP contribution >= 0.6 is 11.3 Å². The molecule has 13 nitrogen and oxygen atoms in total. The number of likely N-dealkylation sites (tertiary alicyclic amines) is 1. The lowest BCUT2D eigenvalue weighted by Gasteiger charge is -2.39. The number of fused-ring (bicyclic) bond motifs is 6. The van der Waals surface area contributed by atoms with E-state index in [-0.39, 0.29) is 11.9 Å². The van der Waals surface area contributed by atoms with Gasteiger partial charge in [0, 0.05) is 41.8 Å². The van der Waals surface area contributed by atoms with Gasteiger partial charge >= 0.3 is 0 Å². The van der Waals surface area contributed by atoms with E-state index in [4.69, 9.17) is 35.6 Å². The summed E-state index contributed by atoms with van der Waals surface area (Å²) in [6, 6.07) is 2.80. The number of nitrogens with zero attached hydrogens (tertiary/aromatic N) is 10. The number of carbonyl (C=O) groups is 1. The van der Waals surface area contributed by atoms with Crippen LogP contribution < -0.4 is 5.73 Å². The van der Waals surface area contributed by atoms with E-state index in [9.17, 15) is 10.1 Å². The molecule has 48 heavy (non-hydrogen) atoms. The summed E-state index contributed by atoms with van der Waals surface area (Å²) in [6.45, 7) is 3.90. The number of nitriles is 1. The number of likely N-dealkylation sites (N-methyl/N-ethyl adjacent to an activating group) is 2. The predicted octanol–water partition coefficient (Wildman–Crippen LogP) is 4.42. The quantitative estimate of drug-likeness (QED) is 0.291. The third-order valence-electron chi connectivity index (χ3n) is 11.3. The number of nitrogens with two attached hydrogens (primary N) is 1. The molecule has 0 aromatic carbocycles. The minimum Gasteiger partial charge on any atom is -0.389 e. The number of carbonyl (C=O) groups excluding carboxylic acids is 1. The molecule has 0 bridgehead atoms. The minimum atomic E-state index is -0.449. The summed E-state index contributed by atoms with van der Waals surface area (Å²) in [5.41, 5.74) is 11.2. The summed E-state index contributed by atoms with van der Waals surface area (Å²) in [5, 5.41) is 25.8. The smallest absolute Gasteiger partial charge is 0.274 e. The third kappa shape index (κ3) is 4.10. The normalized spacial score (nSPS) is 23.0. The molecule has 0 unspecified atom stereocenters. The first-order valence-electron chi connectivity index (χ1n) is 16.9. The van der Waals surface area contributed by atoms with Gasteiger partial charge in [0.05, 0.1) is 28.6 Å². The Morgan fingerprint density at radius 2 is 1.96 bits per heavy atom. The second-order valence-corrected chi connectivity index (χ2v) is 15.1. The number of thiophene rings is 1. The molecule has 5 aromatic heterocycles. The number of hydrogen-bond donors (Lipinski definition) is 1. The lowest BCUT2D eigenvalue weighted by molar-refractivity contribution is 0.0774. The Kier molecular flexibility index (Phi) is 6.58. The van der Waals surface area contributed by atoms with Gasteiger partial charge in [0.25, 0.3) is 5.91 Å². The first-order chi connectivity index (χ1) is 23.3. The van der Waals surface area contributed by atoms with E-state index >= 15 is 0 Å². The van der Waals surface area contributed by atoms with Crippen LogP contribution in [0.5, 0.6) is 0 Å². The van der Waals surface area contributed by atoms with Gasteiger partial charge in [0.1, 0.15) is 11.1 Å². The molecule has 14 heteroatoms. The molecule has 3 atom stereocenters. The van der Waals surface area contributed by atoms with Gasteiger partial charge in [-0.2, -0.15) is 15.5 Å². The molecule has 0 radical (unpaired) electrons. The lowest BCUT2D eigenvalue weighted by atomic mass is 9.63. The van der Waals surface area contributed by atoms with Crippen molar-refractivity contribution in [2.24, 2.45) is 0 Å². The van der Waals surface area contributed by atoms with Crippen molar-refractivity contribution >= 4 is 33.3 Å². The Labute approximate surface area is 281 Å². The Hall–Kier alpha value is -4.61. The van der Waals surface area contributed by atoms with E-state index in [1.807, 2.05) is 17.1 Å². The van der Waals surface area contributed by atoms with Gasteiger partial charge in [0.2, 0.25) is 0 Å². The molecule has 1 amide bonds. The lowest BCUT2D eigenvalue weighted by Crippen LogP contribution is -2.35. The van der Waals surface area contributed by atoms with Crippen LogP contribution in [0, 0.1) is 11.3 Å². The highest BCUT2D eigenvalue weighted by Crippen LogP contribution is 2.55. The molecule has 2 aliphatic heterocycles. The van der Waals surface area contributed by atoms with E-state index in [1.165, 1.54) is 16.2 Å². The summed E-state index contributed by atoms with van der Waals surface area (Å²) in [5.74, 6) is 1.70. The maximum Gasteiger partial charge on any atom is 0.274 e. The fourth-order valence-corrected chi connectivity index (χ4v) is 10.0. The second-order valence-electron chi connectivity index (χ2n) is 13.9. The predicted molar refractivity (Wildman–Crippen MR) is 179 cm³/mol. The van der Waals surface area contributed by atoms with Crippen molar-refractivity contribution in [3.8, 4) is 23.4 Å². The molecule has 1 fully saturated rings. The van der Waals surface area contributed by atoms with Crippen LogP contribution in [0.4, 0.5) is 5.00 Å². The van der Waals surface area contributed by atoms with Crippen LogP contribution in [0.15, 0.2) is 16.9 Å². The molecule has 9 rings (SSSR count). The van der Waals surface area contributed by atoms with Gasteiger partial charge in [0.15, 0.2) is 34.4 Å². The number of rotatable bonds is 4. The minimum absolute atomic E-state index is 0.0651. The average molecular weight is 664 g/mol. The van der Waals surface area contributed by atoms with Gasteiger partial charge < -0.3 is 20.1 Å². The number of hydrogen-bond acceptors (Lipinski definition) is 11. The van der Waals surface area contributed by atoms with E-state index in [1.54, 1.807) is 16.6 Å². The molecular weight excluding hydrogens is 627 g/mol. The number of aromatic nitrogens is 7. The largest absolute Gasteiger partial charge is 0.389 e. The van der Waals surface area contributed by atoms with Crippen LogP contribution in [-0.4, -0.2) is 83.6 Å². The molecule has 5 aromatic rings. The van der Waals surface area contributed by atoms with E-state index in [2.05, 4.69) is 24.9 Å². The summed E-state index contributed by atoms with van der Waals surface area (Å²) < 4.78 is 10.0. The Bertz CT molecular complexity index is 2160. The second kappa shape index (κ2) is 10.7. The zero-order valence-corrected chi connectivity index (χ0v) is 28.2. The standard InChI is InChI=1S/C34H37N11O2S/c1-18(23-8-6-13-42(23)2)45-32-22(16-37-45)31(44-17-19-10-14-43(3)33(46)26(19)40-44)38-30(39-32)27-20-7-4-11-34(28(20)47-41-27)12-5-9-24-25(34)21(15-35)29(36)48-24/h16-18,23H,4-14,36H2,1-3H3/t18-,23-,34-/m0/s1. The summed E-state index contributed by atoms with van der Waals surface area (Å²) >= 11 is 1.53. The molecule has 4 aliphatic rings. The van der Waals surface area contributed by atoms with Gasteiger partial charge in [-0.1, -0.05) is 5.16 Å². The SMILES string of the molecule is C[C@@H]([C@@H]1CCCN1C)n1ncc2c(-n3cc4c(n3)C(=O)N(C)CC4)nc(-c3noc4c3CCC[C@@]43CCCc4sc(N)c(C#N)c43)nc21. The molecule has 0 saturated carbocycles. The number of anilines is 1. The number of amides is 1. The van der Waals surface area contributed by atoms with E-state index < -0.39 is 5.41 Å². The van der Waals surface area contributed by atoms with E-state index in [0.717, 1.165) is 92.2 Å². The maximum absolute atomic E-state index is 13.0. The first kappa shape index (κ1) is 29.5. The van der Waals surface area contributed by atoms with Crippen molar-refractivity contribution in [2.75, 3.05) is 32.9 Å². The molecule has 2 N–H and O–H groups in total. The number of aryl methyl sites for hydroxylation is 1. The Morgan fingerprint density at radius 1 is 1.12 bits per heavy atom. The van der Waals surface area contributed by atoms with Crippen molar-refractivity contribution in [3.63, 3.8) is 0 Å². The molecule has 246 valence electrons. The molecule has 7 heterocycles. The highest BCUT2D eigenvalue weighted by molar-refractivity contribution is 7.16. The fourth-order valence-electron chi connectivity index (χ4n) is 8.87. The molecule has 1 spiro atoms. The zero-order valence-electron chi connectivity index (χ0n) is 27.4. The van der Waals surface area contributed by atoms with E-state index in [0.29, 0.717) is 51.8 Å². The van der Waals surface area contributed by atoms with Gasteiger partial charge in [-0.3, -0.25) is 4.79 Å². The summed E-state index contributed by atoms with van der Waals surface area (Å²) in [7, 11) is 3.97. The summed E-state index contributed by atoms with van der Waals surface area (Å²) in [4.78, 5) is 28.6. The highest BCUT2D eigenvalue weighted by Gasteiger charge is 2.49. The fraction of sp³-hybridized carbons (Fsp3) is 0.500. The maximum atomic E-state index is 13.0. The van der Waals surface area contributed by atoms with Crippen LogP contribution in [0.3, 0.4) is 0 Å². The van der Waals surface area contributed by atoms with Crippen molar-refractivity contribution < 1.29 is 9.32 Å². The summed E-state index contributed by atoms with van der Waals surface area (Å²) in [6.07, 6.45) is 12.0. The average Bonchev–Trinajstić information content (AvgIpc) is 3.91. The van der Waals surface area contributed by atoms with Crippen LogP contribution in [0.2, 0.25) is 0 Å². The van der Waals surface area contributed by atoms with Gasteiger partial charge in [-0.15, -0.1) is 11.3 Å². The van der Waals surface area contributed by atoms with Gasteiger partial charge in [-0.05, 0) is 83.9 Å². The van der Waals surface area contributed by atoms with Crippen molar-refractivity contribution in [3.05, 3.63) is 51.0 Å². The monoisotopic (exact) mass is 663 g/mol. The zero-order chi connectivity index (χ0) is 32.9. The Balaban J connectivity index is 1.24. The van der Waals surface area contributed by atoms with Crippen LogP contribution in [0.25, 0.3) is 28.4 Å². The Morgan fingerprint density at radius 3 is 2.75 bits per heavy atom. The molecule has 2 aliphatic carbocycles. The van der Waals surface area contributed by atoms with Crippen LogP contribution in [0.1, 0.15) is 94.9 Å². The third-order valence-corrected chi connectivity index (χ3v) is 12.4. The molecular formula is C34H37N11O2S. The van der Waals surface area contributed by atoms with Crippen molar-refractivity contribution in [1.82, 2.24) is 44.5 Å².